The Balaban J connectivity index is 2.66. The van der Waals surface area contributed by atoms with Crippen molar-refractivity contribution in [1.29, 1.82) is 0 Å². The highest BCUT2D eigenvalue weighted by molar-refractivity contribution is 6.30. The number of nitrogens with zero attached hydrogens (tertiary/aromatic N) is 1. The second-order valence-corrected chi connectivity index (χ2v) is 5.48. The molecule has 1 aromatic carbocycles. The van der Waals surface area contributed by atoms with Crippen LogP contribution in [0.4, 0.5) is 4.79 Å². The van der Waals surface area contributed by atoms with Gasteiger partial charge in [0.15, 0.2) is 6.61 Å². The minimum Gasteiger partial charge on any atom is -0.455 e. The molecule has 0 aromatic heterocycles. The van der Waals surface area contributed by atoms with E-state index in [1.165, 1.54) is 0 Å². The lowest BCUT2D eigenvalue weighted by molar-refractivity contribution is -0.152. The normalized spacial score (nSPS) is 11.5. The van der Waals surface area contributed by atoms with Crippen LogP contribution in [0.1, 0.15) is 31.9 Å². The number of primary amides is 1. The average Bonchev–Trinajstić information content (AvgIpc) is 2.53. The number of amides is 3. The number of carbonyl (C=O) groups excluding carboxylic acids is 3. The van der Waals surface area contributed by atoms with Gasteiger partial charge in [-0.3, -0.25) is 9.59 Å². The first-order chi connectivity index (χ1) is 11.4. The smallest absolute Gasteiger partial charge is 0.312 e. The van der Waals surface area contributed by atoms with Crippen LogP contribution in [0.15, 0.2) is 24.3 Å². The van der Waals surface area contributed by atoms with Crippen LogP contribution in [-0.2, 0) is 14.3 Å². The number of likely N-dealkylation sites (N-methyl/N-ethyl adjacent to an activating group) is 1. The molecule has 0 bridgehead atoms. The molecule has 3 amide bonds. The van der Waals surface area contributed by atoms with Crippen molar-refractivity contribution in [2.45, 2.75) is 26.3 Å². The first kappa shape index (κ1) is 19.8. The molecule has 7 nitrogen and oxygen atoms in total. The van der Waals surface area contributed by atoms with E-state index in [1.54, 1.807) is 29.2 Å². The van der Waals surface area contributed by atoms with Crippen molar-refractivity contribution in [2.75, 3.05) is 19.7 Å². The van der Waals surface area contributed by atoms with Gasteiger partial charge in [0.25, 0.3) is 5.91 Å². The second-order valence-electron chi connectivity index (χ2n) is 5.04. The number of hydrogen-bond acceptors (Lipinski definition) is 4. The van der Waals surface area contributed by atoms with Gasteiger partial charge in [-0.05, 0) is 31.5 Å². The first-order valence-corrected chi connectivity index (χ1v) is 8.00. The Morgan fingerprint density at radius 2 is 1.79 bits per heavy atom. The van der Waals surface area contributed by atoms with Crippen molar-refractivity contribution in [2.24, 2.45) is 5.73 Å². The van der Waals surface area contributed by atoms with Crippen LogP contribution in [0.2, 0.25) is 5.02 Å². The number of esters is 1. The van der Waals surface area contributed by atoms with E-state index in [0.29, 0.717) is 23.7 Å². The SMILES string of the molecule is CCN(CC)C(=O)COC(=O)CC(NC(N)=O)c1ccc(Cl)cc1. The fourth-order valence-corrected chi connectivity index (χ4v) is 2.28. The van der Waals surface area contributed by atoms with Gasteiger partial charge in [0.2, 0.25) is 0 Å². The van der Waals surface area contributed by atoms with E-state index in [2.05, 4.69) is 5.32 Å². The fraction of sp³-hybridized carbons (Fsp3) is 0.438. The zero-order valence-electron chi connectivity index (χ0n) is 13.8. The van der Waals surface area contributed by atoms with Crippen LogP contribution in [0.5, 0.6) is 0 Å². The summed E-state index contributed by atoms with van der Waals surface area (Å²) in [6, 6.07) is 5.22. The number of urea groups is 1. The molecule has 0 aliphatic rings. The van der Waals surface area contributed by atoms with Gasteiger partial charge in [0, 0.05) is 18.1 Å². The summed E-state index contributed by atoms with van der Waals surface area (Å²) >= 11 is 5.82. The van der Waals surface area contributed by atoms with Gasteiger partial charge < -0.3 is 20.7 Å². The van der Waals surface area contributed by atoms with E-state index >= 15 is 0 Å². The van der Waals surface area contributed by atoms with Gasteiger partial charge >= 0.3 is 12.0 Å². The van der Waals surface area contributed by atoms with Crippen molar-refractivity contribution < 1.29 is 19.1 Å². The molecule has 0 saturated carbocycles. The van der Waals surface area contributed by atoms with E-state index in [-0.39, 0.29) is 18.9 Å². The number of carbonyl (C=O) groups is 3. The van der Waals surface area contributed by atoms with Crippen LogP contribution in [-0.4, -0.2) is 42.5 Å². The molecule has 24 heavy (non-hydrogen) atoms. The molecule has 1 rings (SSSR count). The minimum absolute atomic E-state index is 0.143. The highest BCUT2D eigenvalue weighted by Gasteiger charge is 2.20. The lowest BCUT2D eigenvalue weighted by atomic mass is 10.0. The van der Waals surface area contributed by atoms with Crippen molar-refractivity contribution in [1.82, 2.24) is 10.2 Å². The molecule has 132 valence electrons. The van der Waals surface area contributed by atoms with E-state index in [9.17, 15) is 14.4 Å². The Hall–Kier alpha value is -2.28. The van der Waals surface area contributed by atoms with E-state index in [4.69, 9.17) is 22.1 Å². The molecule has 0 heterocycles. The molecule has 1 unspecified atom stereocenters. The van der Waals surface area contributed by atoms with Crippen LogP contribution in [0.3, 0.4) is 0 Å². The molecule has 3 N–H and O–H groups in total. The molecule has 1 atom stereocenters. The average molecular weight is 356 g/mol. The third-order valence-corrected chi connectivity index (χ3v) is 3.68. The van der Waals surface area contributed by atoms with Gasteiger partial charge in [0.1, 0.15) is 0 Å². The summed E-state index contributed by atoms with van der Waals surface area (Å²) < 4.78 is 5.00. The van der Waals surface area contributed by atoms with E-state index in [0.717, 1.165) is 0 Å². The molecule has 0 fully saturated rings. The Kier molecular flexibility index (Phi) is 8.05. The lowest BCUT2D eigenvalue weighted by Gasteiger charge is -2.20. The molecule has 0 saturated heterocycles. The molecule has 0 radical (unpaired) electrons. The van der Waals surface area contributed by atoms with Gasteiger partial charge in [-0.15, -0.1) is 0 Å². The molecular weight excluding hydrogens is 334 g/mol. The number of hydrogen-bond donors (Lipinski definition) is 2. The number of rotatable bonds is 8. The maximum Gasteiger partial charge on any atom is 0.312 e. The monoisotopic (exact) mass is 355 g/mol. The molecule has 8 heteroatoms. The van der Waals surface area contributed by atoms with Crippen molar-refractivity contribution in [3.8, 4) is 0 Å². The van der Waals surface area contributed by atoms with Crippen molar-refractivity contribution >= 4 is 29.5 Å². The zero-order chi connectivity index (χ0) is 18.1. The third kappa shape index (κ3) is 6.45. The second kappa shape index (κ2) is 9.77. The standard InChI is InChI=1S/C16H22ClN3O4/c1-3-20(4-2)14(21)10-24-15(22)9-13(19-16(18)23)11-5-7-12(17)8-6-11/h5-8,13H,3-4,9-10H2,1-2H3,(H3,18,19,23). The zero-order valence-corrected chi connectivity index (χ0v) is 14.5. The maximum absolute atomic E-state index is 12.0. The minimum atomic E-state index is -0.762. The van der Waals surface area contributed by atoms with Crippen LogP contribution in [0.25, 0.3) is 0 Å². The fourth-order valence-electron chi connectivity index (χ4n) is 2.15. The number of nitrogens with two attached hydrogens (primary N) is 1. The molecule has 0 spiro atoms. The molecular formula is C16H22ClN3O4. The summed E-state index contributed by atoms with van der Waals surface area (Å²) in [7, 11) is 0. The van der Waals surface area contributed by atoms with Crippen LogP contribution < -0.4 is 11.1 Å². The number of nitrogens with one attached hydrogen (secondary N) is 1. The van der Waals surface area contributed by atoms with Gasteiger partial charge in [-0.1, -0.05) is 23.7 Å². The number of benzene rings is 1. The quantitative estimate of drug-likeness (QED) is 0.695. The van der Waals surface area contributed by atoms with Gasteiger partial charge in [-0.2, -0.15) is 0 Å². The van der Waals surface area contributed by atoms with Gasteiger partial charge in [-0.25, -0.2) is 4.79 Å². The Labute approximate surface area is 146 Å². The summed E-state index contributed by atoms with van der Waals surface area (Å²) in [5.41, 5.74) is 5.80. The topological polar surface area (TPSA) is 102 Å². The van der Waals surface area contributed by atoms with E-state index in [1.807, 2.05) is 13.8 Å². The first-order valence-electron chi connectivity index (χ1n) is 7.62. The van der Waals surface area contributed by atoms with Crippen molar-refractivity contribution in [3.05, 3.63) is 34.9 Å². The summed E-state index contributed by atoms with van der Waals surface area (Å²) in [5.74, 6) is -0.872. The summed E-state index contributed by atoms with van der Waals surface area (Å²) in [6.07, 6.45) is -0.143. The number of halogens is 1. The predicted octanol–water partition coefficient (Wildman–Crippen LogP) is 1.85. The Bertz CT molecular complexity index is 573. The summed E-state index contributed by atoms with van der Waals surface area (Å²) in [5, 5.41) is 3.01. The van der Waals surface area contributed by atoms with Gasteiger partial charge in [0.05, 0.1) is 12.5 Å². The largest absolute Gasteiger partial charge is 0.455 e. The molecule has 0 aliphatic heterocycles. The van der Waals surface area contributed by atoms with Crippen LogP contribution in [0, 0.1) is 0 Å². The third-order valence-electron chi connectivity index (χ3n) is 3.43. The predicted molar refractivity (Wildman–Crippen MR) is 90.4 cm³/mol. The summed E-state index contributed by atoms with van der Waals surface area (Å²) in [4.78, 5) is 36.5. The van der Waals surface area contributed by atoms with Crippen LogP contribution >= 0.6 is 11.6 Å². The van der Waals surface area contributed by atoms with Crippen molar-refractivity contribution in [3.63, 3.8) is 0 Å². The Morgan fingerprint density at radius 1 is 1.21 bits per heavy atom. The maximum atomic E-state index is 12.0. The summed E-state index contributed by atoms with van der Waals surface area (Å²) in [6.45, 7) is 4.45. The molecule has 1 aromatic rings. The highest BCUT2D eigenvalue weighted by Crippen LogP contribution is 2.20. The Morgan fingerprint density at radius 3 is 2.29 bits per heavy atom. The lowest BCUT2D eigenvalue weighted by Crippen LogP contribution is -2.36. The van der Waals surface area contributed by atoms with E-state index < -0.39 is 18.0 Å². The highest BCUT2D eigenvalue weighted by atomic mass is 35.5. The number of ether oxygens (including phenoxy) is 1. The molecule has 0 aliphatic carbocycles.